The third-order valence-electron chi connectivity index (χ3n) is 6.92. The Kier molecular flexibility index (Phi) is 5.32. The van der Waals surface area contributed by atoms with Gasteiger partial charge in [-0.15, -0.1) is 0 Å². The van der Waals surface area contributed by atoms with Crippen molar-refractivity contribution in [3.8, 4) is 11.5 Å². The minimum atomic E-state index is -0.102. The molecule has 178 valence electrons. The third kappa shape index (κ3) is 3.96. The number of anilines is 4. The number of oxazole rings is 1. The third-order valence-corrected chi connectivity index (χ3v) is 6.92. The average molecular weight is 470 g/mol. The fraction of sp³-hybridized carbons (Fsp3) is 0.346. The first kappa shape index (κ1) is 21.5. The second-order valence-electron chi connectivity index (χ2n) is 9.36. The van der Waals surface area contributed by atoms with Gasteiger partial charge in [-0.05, 0) is 43.2 Å². The molecule has 1 amide bonds. The second kappa shape index (κ2) is 8.65. The van der Waals surface area contributed by atoms with Crippen molar-refractivity contribution in [2.45, 2.75) is 38.6 Å². The Bertz CT molecular complexity index is 1380. The smallest absolute Gasteiger partial charge is 0.231 e. The van der Waals surface area contributed by atoms with Crippen molar-refractivity contribution >= 4 is 40.1 Å². The molecule has 1 saturated carbocycles. The Morgan fingerprint density at radius 3 is 2.77 bits per heavy atom. The van der Waals surface area contributed by atoms with Crippen molar-refractivity contribution in [3.05, 3.63) is 48.9 Å². The molecule has 6 rings (SSSR count). The number of nitrogens with one attached hydrogen (secondary N) is 1. The first-order chi connectivity index (χ1) is 17.1. The molecule has 35 heavy (non-hydrogen) atoms. The molecule has 4 aromatic rings. The van der Waals surface area contributed by atoms with Crippen molar-refractivity contribution in [2.75, 3.05) is 28.7 Å². The number of carbonyl (C=O) groups is 1. The standard InChI is InChI=1S/C26H27N7O2/c1-16-15-33(19-7-3-4-8-19)23-21(32(2)25(16)34)14-28-26(31-23)29-18-9-10-22-20(12-18)30-24(35-22)17-6-5-11-27-13-17/h5-6,9-14,16,19H,3-4,7-8,15H2,1-2H3,(H,28,29,31). The number of aromatic nitrogens is 4. The summed E-state index contributed by atoms with van der Waals surface area (Å²) in [5.74, 6) is 1.82. The maximum absolute atomic E-state index is 12.9. The van der Waals surface area contributed by atoms with Crippen molar-refractivity contribution in [1.29, 1.82) is 0 Å². The predicted molar refractivity (Wildman–Crippen MR) is 135 cm³/mol. The Morgan fingerprint density at radius 1 is 1.11 bits per heavy atom. The van der Waals surface area contributed by atoms with E-state index in [1.54, 1.807) is 23.5 Å². The second-order valence-corrected chi connectivity index (χ2v) is 9.36. The van der Waals surface area contributed by atoms with Crippen molar-refractivity contribution < 1.29 is 9.21 Å². The molecule has 1 unspecified atom stereocenters. The van der Waals surface area contributed by atoms with Crippen LogP contribution in [-0.2, 0) is 4.79 Å². The van der Waals surface area contributed by atoms with E-state index in [0.717, 1.165) is 41.1 Å². The molecule has 1 N–H and O–H groups in total. The molecule has 1 aliphatic carbocycles. The number of hydrogen-bond acceptors (Lipinski definition) is 8. The van der Waals surface area contributed by atoms with Crippen LogP contribution in [-0.4, -0.2) is 45.5 Å². The van der Waals surface area contributed by atoms with E-state index in [-0.39, 0.29) is 11.8 Å². The van der Waals surface area contributed by atoms with Crippen LogP contribution in [0.15, 0.2) is 53.3 Å². The summed E-state index contributed by atoms with van der Waals surface area (Å²) < 4.78 is 5.90. The van der Waals surface area contributed by atoms with Crippen molar-refractivity contribution in [1.82, 2.24) is 19.9 Å². The van der Waals surface area contributed by atoms with Gasteiger partial charge in [-0.2, -0.15) is 4.98 Å². The number of pyridine rings is 1. The van der Waals surface area contributed by atoms with Gasteiger partial charge in [-0.3, -0.25) is 9.78 Å². The van der Waals surface area contributed by atoms with Crippen LogP contribution in [0.2, 0.25) is 0 Å². The minimum Gasteiger partial charge on any atom is -0.436 e. The normalized spacial score (nSPS) is 18.7. The van der Waals surface area contributed by atoms with Crippen LogP contribution in [0.25, 0.3) is 22.6 Å². The molecule has 9 nitrogen and oxygen atoms in total. The number of nitrogens with zero attached hydrogens (tertiary/aromatic N) is 6. The maximum Gasteiger partial charge on any atom is 0.231 e. The highest BCUT2D eigenvalue weighted by molar-refractivity contribution is 5.98. The van der Waals surface area contributed by atoms with Crippen LogP contribution < -0.4 is 15.1 Å². The van der Waals surface area contributed by atoms with Gasteiger partial charge in [0, 0.05) is 37.7 Å². The zero-order valence-electron chi connectivity index (χ0n) is 19.8. The monoisotopic (exact) mass is 469 g/mol. The number of hydrogen-bond donors (Lipinski definition) is 1. The van der Waals surface area contributed by atoms with E-state index in [1.807, 2.05) is 44.3 Å². The van der Waals surface area contributed by atoms with E-state index in [2.05, 4.69) is 25.2 Å². The lowest BCUT2D eigenvalue weighted by Crippen LogP contribution is -2.38. The molecule has 0 saturated heterocycles. The molecule has 1 fully saturated rings. The van der Waals surface area contributed by atoms with E-state index in [9.17, 15) is 4.79 Å². The van der Waals surface area contributed by atoms with E-state index in [4.69, 9.17) is 9.40 Å². The molecule has 1 atom stereocenters. The molecule has 0 bridgehead atoms. The van der Waals surface area contributed by atoms with Gasteiger partial charge < -0.3 is 19.5 Å². The van der Waals surface area contributed by atoms with Gasteiger partial charge in [-0.25, -0.2) is 9.97 Å². The summed E-state index contributed by atoms with van der Waals surface area (Å²) in [5.41, 5.74) is 3.81. The van der Waals surface area contributed by atoms with E-state index >= 15 is 0 Å². The van der Waals surface area contributed by atoms with Crippen LogP contribution in [0.4, 0.5) is 23.1 Å². The Morgan fingerprint density at radius 2 is 1.97 bits per heavy atom. The molecule has 1 aliphatic heterocycles. The van der Waals surface area contributed by atoms with Gasteiger partial charge in [0.15, 0.2) is 11.4 Å². The Hall–Kier alpha value is -4.01. The lowest BCUT2D eigenvalue weighted by atomic mass is 10.1. The zero-order chi connectivity index (χ0) is 23.9. The van der Waals surface area contributed by atoms with Crippen LogP contribution in [0.5, 0.6) is 0 Å². The highest BCUT2D eigenvalue weighted by Crippen LogP contribution is 2.37. The minimum absolute atomic E-state index is 0.0944. The number of carbonyl (C=O) groups excluding carboxylic acids is 1. The molecule has 9 heteroatoms. The molecular formula is C26H27N7O2. The largest absolute Gasteiger partial charge is 0.436 e. The highest BCUT2D eigenvalue weighted by Gasteiger charge is 2.35. The van der Waals surface area contributed by atoms with Crippen molar-refractivity contribution in [3.63, 3.8) is 0 Å². The van der Waals surface area contributed by atoms with Gasteiger partial charge >= 0.3 is 0 Å². The predicted octanol–water partition coefficient (Wildman–Crippen LogP) is 4.78. The quantitative estimate of drug-likeness (QED) is 0.456. The molecule has 3 aromatic heterocycles. The van der Waals surface area contributed by atoms with Gasteiger partial charge in [0.25, 0.3) is 0 Å². The molecular weight excluding hydrogens is 442 g/mol. The van der Waals surface area contributed by atoms with Crippen LogP contribution in [0.1, 0.15) is 32.6 Å². The van der Waals surface area contributed by atoms with Crippen LogP contribution in [0, 0.1) is 5.92 Å². The van der Waals surface area contributed by atoms with Crippen molar-refractivity contribution in [2.24, 2.45) is 5.92 Å². The van der Waals surface area contributed by atoms with E-state index in [1.165, 1.54) is 12.8 Å². The summed E-state index contributed by atoms with van der Waals surface area (Å²) in [7, 11) is 1.81. The number of fused-ring (bicyclic) bond motifs is 2. The molecule has 4 heterocycles. The Balaban J connectivity index is 1.33. The van der Waals surface area contributed by atoms with Gasteiger partial charge in [0.1, 0.15) is 11.2 Å². The first-order valence-electron chi connectivity index (χ1n) is 12.1. The van der Waals surface area contributed by atoms with Gasteiger partial charge in [0.05, 0.1) is 17.7 Å². The molecule has 0 spiro atoms. The number of amides is 1. The molecule has 0 radical (unpaired) electrons. The SMILES string of the molecule is CC1CN(C2CCCC2)c2nc(Nc3ccc4oc(-c5cccnc5)nc4c3)ncc2N(C)C1=O. The number of rotatable bonds is 4. The summed E-state index contributed by atoms with van der Waals surface area (Å²) >= 11 is 0. The fourth-order valence-electron chi connectivity index (χ4n) is 5.07. The first-order valence-corrected chi connectivity index (χ1v) is 12.1. The van der Waals surface area contributed by atoms with E-state index < -0.39 is 0 Å². The summed E-state index contributed by atoms with van der Waals surface area (Å²) in [6.45, 7) is 2.66. The fourth-order valence-corrected chi connectivity index (χ4v) is 5.07. The van der Waals surface area contributed by atoms with E-state index in [0.29, 0.717) is 30.0 Å². The number of benzene rings is 1. The summed E-state index contributed by atoms with van der Waals surface area (Å²) in [5, 5.41) is 3.32. The highest BCUT2D eigenvalue weighted by atomic mass is 16.3. The van der Waals surface area contributed by atoms with Crippen LogP contribution in [0.3, 0.4) is 0 Å². The average Bonchev–Trinajstić information content (AvgIpc) is 3.55. The van der Waals surface area contributed by atoms with Gasteiger partial charge in [0.2, 0.25) is 17.7 Å². The lowest BCUT2D eigenvalue weighted by molar-refractivity contribution is -0.121. The molecule has 1 aromatic carbocycles. The summed E-state index contributed by atoms with van der Waals surface area (Å²) in [4.78, 5) is 35.1. The Labute approximate surface area is 203 Å². The topological polar surface area (TPSA) is 100 Å². The summed E-state index contributed by atoms with van der Waals surface area (Å²) in [6, 6.07) is 9.89. The van der Waals surface area contributed by atoms with Gasteiger partial charge in [-0.1, -0.05) is 19.8 Å². The lowest BCUT2D eigenvalue weighted by Gasteiger charge is -2.31. The summed E-state index contributed by atoms with van der Waals surface area (Å²) in [6.07, 6.45) is 9.87. The van der Waals surface area contributed by atoms with Crippen LogP contribution >= 0.6 is 0 Å². The molecule has 2 aliphatic rings. The maximum atomic E-state index is 12.9. The zero-order valence-corrected chi connectivity index (χ0v) is 19.8.